The van der Waals surface area contributed by atoms with Crippen molar-refractivity contribution in [3.05, 3.63) is 23.7 Å². The summed E-state index contributed by atoms with van der Waals surface area (Å²) in [6.45, 7) is 0.189. The molecule has 0 aliphatic rings. The Morgan fingerprint density at radius 3 is 3.09 bits per heavy atom. The molecule has 11 heavy (non-hydrogen) atoms. The third-order valence-electron chi connectivity index (χ3n) is 1.25. The zero-order valence-electron chi connectivity index (χ0n) is 6.03. The number of furan rings is 1. The number of aromatic carboxylic acids is 1. The maximum Gasteiger partial charge on any atom is 0.339 e. The van der Waals surface area contributed by atoms with E-state index in [1.807, 2.05) is 0 Å². The van der Waals surface area contributed by atoms with Crippen molar-refractivity contribution in [2.45, 2.75) is 6.61 Å². The quantitative estimate of drug-likeness (QED) is 0.712. The minimum atomic E-state index is -0.995. The molecular weight excluding hydrogens is 148 g/mol. The van der Waals surface area contributed by atoms with E-state index in [1.54, 1.807) is 0 Å². The zero-order chi connectivity index (χ0) is 8.27. The van der Waals surface area contributed by atoms with Gasteiger partial charge in [0.25, 0.3) is 0 Å². The normalized spacial score (nSPS) is 9.91. The van der Waals surface area contributed by atoms with Crippen LogP contribution in [-0.2, 0) is 11.3 Å². The monoisotopic (exact) mass is 156 g/mol. The lowest BCUT2D eigenvalue weighted by atomic mass is 10.2. The van der Waals surface area contributed by atoms with Gasteiger partial charge in [0.1, 0.15) is 17.9 Å². The molecule has 0 spiro atoms. The average molecular weight is 156 g/mol. The second-order valence-corrected chi connectivity index (χ2v) is 2.00. The summed E-state index contributed by atoms with van der Waals surface area (Å²) in [5.41, 5.74) is 0.159. The van der Waals surface area contributed by atoms with Crippen molar-refractivity contribution in [3.63, 3.8) is 0 Å². The van der Waals surface area contributed by atoms with Gasteiger partial charge in [-0.25, -0.2) is 4.79 Å². The molecule has 60 valence electrons. The summed E-state index contributed by atoms with van der Waals surface area (Å²) in [7, 11) is 1.48. The number of ether oxygens (including phenoxy) is 1. The first-order valence-corrected chi connectivity index (χ1v) is 3.04. The predicted octanol–water partition coefficient (Wildman–Crippen LogP) is 1.12. The van der Waals surface area contributed by atoms with E-state index < -0.39 is 5.97 Å². The highest BCUT2D eigenvalue weighted by Gasteiger charge is 2.11. The van der Waals surface area contributed by atoms with Crippen LogP contribution in [-0.4, -0.2) is 18.2 Å². The van der Waals surface area contributed by atoms with Crippen molar-refractivity contribution in [1.29, 1.82) is 0 Å². The fourth-order valence-corrected chi connectivity index (χ4v) is 0.774. The van der Waals surface area contributed by atoms with E-state index in [0.29, 0.717) is 5.76 Å². The lowest BCUT2D eigenvalue weighted by Crippen LogP contribution is -1.99. The van der Waals surface area contributed by atoms with Crippen LogP contribution in [0.5, 0.6) is 0 Å². The van der Waals surface area contributed by atoms with Crippen molar-refractivity contribution in [2.75, 3.05) is 7.11 Å². The third-order valence-corrected chi connectivity index (χ3v) is 1.25. The van der Waals surface area contributed by atoms with E-state index in [1.165, 1.54) is 19.4 Å². The highest BCUT2D eigenvalue weighted by molar-refractivity contribution is 5.88. The number of carboxylic acids is 1. The summed E-state index contributed by atoms with van der Waals surface area (Å²) in [5.74, 6) is -0.647. The van der Waals surface area contributed by atoms with Crippen molar-refractivity contribution in [3.8, 4) is 0 Å². The van der Waals surface area contributed by atoms with Gasteiger partial charge in [-0.3, -0.25) is 0 Å². The van der Waals surface area contributed by atoms with Crippen LogP contribution in [0.4, 0.5) is 0 Å². The van der Waals surface area contributed by atoms with Gasteiger partial charge in [0, 0.05) is 7.11 Å². The van der Waals surface area contributed by atoms with Crippen LogP contribution in [0, 0.1) is 0 Å². The molecule has 0 radical (unpaired) electrons. The molecule has 0 bridgehead atoms. The standard InChI is InChI=1S/C7H8O4/c1-10-4-6-5(7(8)9)2-3-11-6/h2-3H,4H2,1H3,(H,8,9). The van der Waals surface area contributed by atoms with Crippen LogP contribution in [0.1, 0.15) is 16.1 Å². The Morgan fingerprint density at radius 2 is 2.55 bits per heavy atom. The summed E-state index contributed by atoms with van der Waals surface area (Å²) in [4.78, 5) is 10.4. The molecule has 0 aromatic carbocycles. The number of hydrogen-bond acceptors (Lipinski definition) is 3. The van der Waals surface area contributed by atoms with E-state index in [2.05, 4.69) is 0 Å². The summed E-state index contributed by atoms with van der Waals surface area (Å²) in [6.07, 6.45) is 1.33. The van der Waals surface area contributed by atoms with Crippen LogP contribution in [0.3, 0.4) is 0 Å². The number of methoxy groups -OCH3 is 1. The SMILES string of the molecule is COCc1occc1C(=O)O. The van der Waals surface area contributed by atoms with E-state index in [-0.39, 0.29) is 12.2 Å². The van der Waals surface area contributed by atoms with E-state index in [4.69, 9.17) is 14.3 Å². The molecule has 1 heterocycles. The zero-order valence-corrected chi connectivity index (χ0v) is 6.03. The Labute approximate surface area is 63.4 Å². The molecule has 4 nitrogen and oxygen atoms in total. The highest BCUT2D eigenvalue weighted by atomic mass is 16.5. The van der Waals surface area contributed by atoms with Crippen LogP contribution in [0.15, 0.2) is 16.7 Å². The Morgan fingerprint density at radius 1 is 1.82 bits per heavy atom. The van der Waals surface area contributed by atoms with Crippen molar-refractivity contribution >= 4 is 5.97 Å². The summed E-state index contributed by atoms with van der Waals surface area (Å²) < 4.78 is 9.58. The second-order valence-electron chi connectivity index (χ2n) is 2.00. The van der Waals surface area contributed by atoms with Crippen LogP contribution in [0.25, 0.3) is 0 Å². The van der Waals surface area contributed by atoms with Gasteiger partial charge >= 0.3 is 5.97 Å². The van der Waals surface area contributed by atoms with E-state index in [0.717, 1.165) is 0 Å². The molecule has 0 aliphatic carbocycles. The predicted molar refractivity (Wildman–Crippen MR) is 36.4 cm³/mol. The van der Waals surface area contributed by atoms with Gasteiger partial charge in [0.05, 0.1) is 6.26 Å². The fraction of sp³-hybridized carbons (Fsp3) is 0.286. The molecular formula is C7H8O4. The van der Waals surface area contributed by atoms with Gasteiger partial charge in [0.15, 0.2) is 0 Å². The minimum absolute atomic E-state index is 0.159. The first-order valence-electron chi connectivity index (χ1n) is 3.04. The summed E-state index contributed by atoms with van der Waals surface area (Å²) in [6, 6.07) is 1.40. The molecule has 4 heteroatoms. The number of carbonyl (C=O) groups is 1. The Balaban J connectivity index is 2.87. The van der Waals surface area contributed by atoms with E-state index >= 15 is 0 Å². The number of hydrogen-bond donors (Lipinski definition) is 1. The fourth-order valence-electron chi connectivity index (χ4n) is 0.774. The smallest absolute Gasteiger partial charge is 0.339 e. The van der Waals surface area contributed by atoms with Gasteiger partial charge in [-0.1, -0.05) is 0 Å². The van der Waals surface area contributed by atoms with Gasteiger partial charge in [-0.15, -0.1) is 0 Å². The maximum atomic E-state index is 10.4. The average Bonchev–Trinajstić information content (AvgIpc) is 2.36. The van der Waals surface area contributed by atoms with Gasteiger partial charge < -0.3 is 14.3 Å². The molecule has 0 amide bonds. The Bertz CT molecular complexity index is 251. The van der Waals surface area contributed by atoms with Crippen LogP contribution in [0.2, 0.25) is 0 Å². The number of rotatable bonds is 3. The van der Waals surface area contributed by atoms with Crippen molar-refractivity contribution in [2.24, 2.45) is 0 Å². The minimum Gasteiger partial charge on any atom is -0.478 e. The largest absolute Gasteiger partial charge is 0.478 e. The molecule has 1 rings (SSSR count). The third kappa shape index (κ3) is 1.59. The van der Waals surface area contributed by atoms with Crippen LogP contribution < -0.4 is 0 Å². The molecule has 0 atom stereocenters. The second kappa shape index (κ2) is 3.21. The van der Waals surface area contributed by atoms with Crippen molar-refractivity contribution < 1.29 is 19.1 Å². The molecule has 0 saturated heterocycles. The molecule has 1 N–H and O–H groups in total. The lowest BCUT2D eigenvalue weighted by molar-refractivity contribution is 0.0688. The van der Waals surface area contributed by atoms with Crippen molar-refractivity contribution in [1.82, 2.24) is 0 Å². The molecule has 1 aromatic rings. The van der Waals surface area contributed by atoms with Crippen LogP contribution >= 0.6 is 0 Å². The first-order chi connectivity index (χ1) is 5.25. The number of carboxylic acid groups (broad SMARTS) is 1. The molecule has 0 fully saturated rings. The maximum absolute atomic E-state index is 10.4. The molecule has 1 aromatic heterocycles. The van der Waals surface area contributed by atoms with Gasteiger partial charge in [-0.05, 0) is 6.07 Å². The topological polar surface area (TPSA) is 59.7 Å². The van der Waals surface area contributed by atoms with Gasteiger partial charge in [0.2, 0.25) is 0 Å². The Kier molecular flexibility index (Phi) is 2.28. The molecule has 0 unspecified atom stereocenters. The van der Waals surface area contributed by atoms with E-state index in [9.17, 15) is 4.79 Å². The summed E-state index contributed by atoms with van der Waals surface area (Å²) >= 11 is 0. The lowest BCUT2D eigenvalue weighted by Gasteiger charge is -1.94. The molecule has 0 aliphatic heterocycles. The summed E-state index contributed by atoms with van der Waals surface area (Å²) in [5, 5.41) is 8.57. The molecule has 0 saturated carbocycles. The highest BCUT2D eigenvalue weighted by Crippen LogP contribution is 2.10. The Hall–Kier alpha value is -1.29. The van der Waals surface area contributed by atoms with Gasteiger partial charge in [-0.2, -0.15) is 0 Å². The first kappa shape index (κ1) is 7.81.